The van der Waals surface area contributed by atoms with Gasteiger partial charge in [0.05, 0.1) is 24.3 Å². The Bertz CT molecular complexity index is 1000. The normalized spacial score (nSPS) is 10.7. The molecule has 0 unspecified atom stereocenters. The lowest BCUT2D eigenvalue weighted by Crippen LogP contribution is -2.04. The van der Waals surface area contributed by atoms with E-state index in [9.17, 15) is 5.11 Å². The van der Waals surface area contributed by atoms with Crippen molar-refractivity contribution >= 4 is 39.6 Å². The van der Waals surface area contributed by atoms with Crippen molar-refractivity contribution in [1.29, 1.82) is 5.26 Å². The van der Waals surface area contributed by atoms with Crippen molar-refractivity contribution in [2.24, 2.45) is 10.2 Å². The van der Waals surface area contributed by atoms with Gasteiger partial charge in [0, 0.05) is 17.1 Å². The number of azo groups is 1. The Morgan fingerprint density at radius 2 is 2.04 bits per heavy atom. The van der Waals surface area contributed by atoms with Gasteiger partial charge in [-0.1, -0.05) is 0 Å². The van der Waals surface area contributed by atoms with E-state index in [2.05, 4.69) is 20.5 Å². The maximum atomic E-state index is 10.0. The van der Waals surface area contributed by atoms with Crippen LogP contribution in [0.5, 0.6) is 11.6 Å². The molecule has 0 saturated heterocycles. The highest BCUT2D eigenvalue weighted by Crippen LogP contribution is 2.36. The second kappa shape index (κ2) is 6.98. The summed E-state index contributed by atoms with van der Waals surface area (Å²) in [6.07, 6.45) is 0. The predicted octanol–water partition coefficient (Wildman–Crippen LogP) is 4.23. The number of aromatic hydroxyl groups is 1. The van der Waals surface area contributed by atoms with Gasteiger partial charge in [0.15, 0.2) is 5.69 Å². The van der Waals surface area contributed by atoms with Crippen LogP contribution in [0.4, 0.5) is 11.4 Å². The van der Waals surface area contributed by atoms with E-state index in [0.717, 1.165) is 0 Å². The van der Waals surface area contributed by atoms with Crippen molar-refractivity contribution < 1.29 is 9.84 Å². The SMILES string of the molecule is COc1ccc2c(N=NC(=S)Nc3ccc(C#N)cc3)c(O)[nH]c2c1. The number of hydrogen-bond acceptors (Lipinski definition) is 5. The number of fused-ring (bicyclic) bond motifs is 1. The van der Waals surface area contributed by atoms with E-state index in [0.29, 0.717) is 33.6 Å². The van der Waals surface area contributed by atoms with E-state index in [4.69, 9.17) is 22.2 Å². The Kier molecular flexibility index (Phi) is 4.59. The molecule has 8 heteroatoms. The molecule has 0 amide bonds. The van der Waals surface area contributed by atoms with E-state index >= 15 is 0 Å². The molecule has 0 atom stereocenters. The summed E-state index contributed by atoms with van der Waals surface area (Å²) in [4.78, 5) is 2.82. The zero-order chi connectivity index (χ0) is 17.8. The van der Waals surface area contributed by atoms with Crippen molar-refractivity contribution in [3.63, 3.8) is 0 Å². The fourth-order valence-corrected chi connectivity index (χ4v) is 2.41. The molecule has 3 aromatic rings. The Labute approximate surface area is 148 Å². The molecule has 0 fully saturated rings. The maximum absolute atomic E-state index is 10.0. The molecule has 0 aliphatic heterocycles. The van der Waals surface area contributed by atoms with Gasteiger partial charge in [-0.15, -0.1) is 10.2 Å². The predicted molar refractivity (Wildman–Crippen MR) is 98.4 cm³/mol. The van der Waals surface area contributed by atoms with Gasteiger partial charge in [0.25, 0.3) is 0 Å². The molecule has 7 nitrogen and oxygen atoms in total. The van der Waals surface area contributed by atoms with Crippen molar-refractivity contribution in [3.05, 3.63) is 48.0 Å². The van der Waals surface area contributed by atoms with Crippen molar-refractivity contribution in [1.82, 2.24) is 4.98 Å². The van der Waals surface area contributed by atoms with Crippen molar-refractivity contribution in [2.45, 2.75) is 0 Å². The zero-order valence-electron chi connectivity index (χ0n) is 13.1. The van der Waals surface area contributed by atoms with Gasteiger partial charge in [0.1, 0.15) is 5.75 Å². The third-order valence-electron chi connectivity index (χ3n) is 3.47. The number of nitriles is 1. The lowest BCUT2D eigenvalue weighted by atomic mass is 10.2. The number of hydrogen-bond donors (Lipinski definition) is 3. The first-order valence-electron chi connectivity index (χ1n) is 7.22. The minimum absolute atomic E-state index is 0.104. The molecule has 25 heavy (non-hydrogen) atoms. The second-order valence-electron chi connectivity index (χ2n) is 5.05. The lowest BCUT2D eigenvalue weighted by Gasteiger charge is -2.02. The van der Waals surface area contributed by atoms with Gasteiger partial charge in [-0.05, 0) is 48.6 Å². The molecule has 0 radical (unpaired) electrons. The first-order chi connectivity index (χ1) is 12.1. The van der Waals surface area contributed by atoms with E-state index < -0.39 is 0 Å². The quantitative estimate of drug-likeness (QED) is 0.483. The summed E-state index contributed by atoms with van der Waals surface area (Å²) in [6, 6.07) is 14.1. The average molecular weight is 351 g/mol. The van der Waals surface area contributed by atoms with Crippen LogP contribution in [0.2, 0.25) is 0 Å². The molecule has 0 aliphatic rings. The monoisotopic (exact) mass is 351 g/mol. The minimum Gasteiger partial charge on any atom is -0.497 e. The number of anilines is 1. The summed E-state index contributed by atoms with van der Waals surface area (Å²) in [5, 5.41) is 30.5. The number of methoxy groups -OCH3 is 1. The van der Waals surface area contributed by atoms with Crippen LogP contribution in [0.1, 0.15) is 5.56 Å². The fraction of sp³-hybridized carbons (Fsp3) is 0.0588. The highest BCUT2D eigenvalue weighted by molar-refractivity contribution is 7.80. The van der Waals surface area contributed by atoms with Gasteiger partial charge in [-0.25, -0.2) is 0 Å². The molecule has 0 saturated carbocycles. The Morgan fingerprint density at radius 3 is 2.72 bits per heavy atom. The summed E-state index contributed by atoms with van der Waals surface area (Å²) in [5.41, 5.74) is 2.21. The summed E-state index contributed by atoms with van der Waals surface area (Å²) >= 11 is 5.13. The molecule has 2 aromatic carbocycles. The number of ether oxygens (including phenoxy) is 1. The number of thiocarbonyl (C=S) groups is 1. The molecular formula is C17H13N5O2S. The second-order valence-corrected chi connectivity index (χ2v) is 5.44. The number of H-pyrrole nitrogens is 1. The Balaban J connectivity index is 1.79. The fourth-order valence-electron chi connectivity index (χ4n) is 2.25. The van der Waals surface area contributed by atoms with Gasteiger partial charge in [0.2, 0.25) is 11.0 Å². The van der Waals surface area contributed by atoms with Crippen LogP contribution in [0, 0.1) is 11.3 Å². The van der Waals surface area contributed by atoms with E-state index in [1.807, 2.05) is 6.07 Å². The first-order valence-corrected chi connectivity index (χ1v) is 7.63. The number of nitrogens with zero attached hydrogens (tertiary/aromatic N) is 3. The van der Waals surface area contributed by atoms with Crippen LogP contribution in [-0.4, -0.2) is 22.3 Å². The van der Waals surface area contributed by atoms with Gasteiger partial charge < -0.3 is 20.1 Å². The Morgan fingerprint density at radius 1 is 1.28 bits per heavy atom. The van der Waals surface area contributed by atoms with E-state index in [-0.39, 0.29) is 11.0 Å². The van der Waals surface area contributed by atoms with Crippen LogP contribution in [0.25, 0.3) is 10.9 Å². The average Bonchev–Trinajstić information content (AvgIpc) is 2.94. The largest absolute Gasteiger partial charge is 0.497 e. The molecule has 0 aliphatic carbocycles. The summed E-state index contributed by atoms with van der Waals surface area (Å²) in [7, 11) is 1.57. The van der Waals surface area contributed by atoms with Crippen LogP contribution in [0.3, 0.4) is 0 Å². The van der Waals surface area contributed by atoms with Crippen LogP contribution >= 0.6 is 12.2 Å². The van der Waals surface area contributed by atoms with E-state index in [1.54, 1.807) is 49.6 Å². The van der Waals surface area contributed by atoms with Crippen molar-refractivity contribution in [2.75, 3.05) is 12.4 Å². The molecule has 124 valence electrons. The van der Waals surface area contributed by atoms with Crippen LogP contribution < -0.4 is 10.1 Å². The molecule has 3 N–H and O–H groups in total. The highest BCUT2D eigenvalue weighted by Gasteiger charge is 2.11. The number of benzene rings is 2. The number of aromatic nitrogens is 1. The molecule has 1 aromatic heterocycles. The third kappa shape index (κ3) is 3.57. The summed E-state index contributed by atoms with van der Waals surface area (Å²) in [5.74, 6) is 0.559. The van der Waals surface area contributed by atoms with Crippen LogP contribution in [0.15, 0.2) is 52.7 Å². The molecule has 1 heterocycles. The number of rotatable bonds is 3. The highest BCUT2D eigenvalue weighted by atomic mass is 32.1. The van der Waals surface area contributed by atoms with Crippen LogP contribution in [-0.2, 0) is 0 Å². The zero-order valence-corrected chi connectivity index (χ0v) is 14.0. The topological polar surface area (TPSA) is 106 Å². The number of aromatic amines is 1. The Hall–Kier alpha value is -3.44. The van der Waals surface area contributed by atoms with Crippen molar-refractivity contribution in [3.8, 4) is 17.7 Å². The maximum Gasteiger partial charge on any atom is 0.218 e. The molecule has 0 spiro atoms. The smallest absolute Gasteiger partial charge is 0.218 e. The molecular weight excluding hydrogens is 338 g/mol. The standard InChI is InChI=1S/C17H13N5O2S/c1-24-12-6-7-13-14(8-12)20-16(23)15(13)21-22-17(25)19-11-4-2-10(9-18)3-5-11/h2-8,20,23H,1H3,(H,19,25). The molecule has 0 bridgehead atoms. The lowest BCUT2D eigenvalue weighted by molar-refractivity contribution is 0.415. The minimum atomic E-state index is -0.104. The van der Waals surface area contributed by atoms with E-state index in [1.165, 1.54) is 0 Å². The third-order valence-corrected chi connectivity index (χ3v) is 3.65. The van der Waals surface area contributed by atoms with Gasteiger partial charge >= 0.3 is 0 Å². The first kappa shape index (κ1) is 16.4. The summed E-state index contributed by atoms with van der Waals surface area (Å²) in [6.45, 7) is 0. The van der Waals surface area contributed by atoms with Gasteiger partial charge in [-0.2, -0.15) is 5.26 Å². The van der Waals surface area contributed by atoms with Gasteiger partial charge in [-0.3, -0.25) is 0 Å². The number of nitrogens with one attached hydrogen (secondary N) is 2. The molecule has 3 rings (SSSR count). The summed E-state index contributed by atoms with van der Waals surface area (Å²) < 4.78 is 5.15.